The number of nitrogens with zero attached hydrogens (tertiary/aromatic N) is 1. The van der Waals surface area contributed by atoms with Crippen molar-refractivity contribution in [3.05, 3.63) is 83.2 Å². The fraction of sp³-hybridized carbons (Fsp3) is 0.579. The minimum atomic E-state index is -2.31. The molecule has 2 aromatic rings. The Morgan fingerprint density at radius 2 is 1.45 bits per heavy atom. The molecule has 3 atom stereocenters. The zero-order chi connectivity index (χ0) is 32.1. The number of carbonyl (C=O) groups excluding carboxylic acids is 2. The molecule has 0 N–H and O–H groups in total. The van der Waals surface area contributed by atoms with Gasteiger partial charge >= 0.3 is 6.09 Å². The monoisotopic (exact) mass is 617 g/mol. The smallest absolute Gasteiger partial charge is 0.414 e. The molecule has 0 radical (unpaired) electrons. The van der Waals surface area contributed by atoms with E-state index in [2.05, 4.69) is 79.7 Å². The van der Waals surface area contributed by atoms with E-state index in [9.17, 15) is 9.59 Å². The molecule has 0 spiro atoms. The van der Waals surface area contributed by atoms with Crippen LogP contribution in [0.2, 0.25) is 16.6 Å². The first-order valence-electron chi connectivity index (χ1n) is 16.8. The van der Waals surface area contributed by atoms with Gasteiger partial charge in [0, 0.05) is 18.5 Å². The van der Waals surface area contributed by atoms with Crippen molar-refractivity contribution in [2.24, 2.45) is 5.92 Å². The molecule has 0 bridgehead atoms. The Kier molecular flexibility index (Phi) is 11.3. The third-order valence-electron chi connectivity index (χ3n) is 10.7. The first-order valence-corrected chi connectivity index (χ1v) is 19.0. The predicted molar refractivity (Wildman–Crippen MR) is 182 cm³/mol. The first-order chi connectivity index (χ1) is 20.9. The molecule has 0 aromatic heterocycles. The third kappa shape index (κ3) is 7.07. The summed E-state index contributed by atoms with van der Waals surface area (Å²) in [5.74, 6) is 0.381. The molecule has 1 aliphatic carbocycles. The van der Waals surface area contributed by atoms with Crippen LogP contribution in [0.3, 0.4) is 0 Å². The van der Waals surface area contributed by atoms with Crippen molar-refractivity contribution in [2.75, 3.05) is 6.61 Å². The second kappa shape index (κ2) is 14.6. The van der Waals surface area contributed by atoms with E-state index in [1.165, 1.54) is 5.56 Å². The zero-order valence-corrected chi connectivity index (χ0v) is 29.3. The van der Waals surface area contributed by atoms with Gasteiger partial charge in [0.05, 0.1) is 19.3 Å². The average molecular weight is 618 g/mol. The number of ketones is 1. The highest BCUT2D eigenvalue weighted by Gasteiger charge is 2.51. The summed E-state index contributed by atoms with van der Waals surface area (Å²) in [5, 5.41) is 0.888. The number of benzene rings is 2. The molecule has 1 heterocycles. The van der Waals surface area contributed by atoms with Crippen LogP contribution in [0.1, 0.15) is 98.6 Å². The summed E-state index contributed by atoms with van der Waals surface area (Å²) in [7, 11) is -2.31. The number of amides is 1. The molecule has 2 aliphatic rings. The highest BCUT2D eigenvalue weighted by molar-refractivity contribution is 6.93. The van der Waals surface area contributed by atoms with Gasteiger partial charge in [-0.25, -0.2) is 4.79 Å². The molecule has 0 unspecified atom stereocenters. The Hall–Kier alpha value is -2.70. The summed E-state index contributed by atoms with van der Waals surface area (Å²) in [4.78, 5) is 30.1. The van der Waals surface area contributed by atoms with Gasteiger partial charge in [-0.2, -0.15) is 0 Å². The molecule has 4 rings (SSSR count). The standard InChI is InChI=1S/C38H55NO4Si/c1-27(2)44(28(3)4,29(5)6)36-24-39(32(23-34(36)40)26-42-25-30-17-11-9-12-18-30)37(41)43-35-22-16-15-21-33(35)38(7,8)31-19-13-10-14-20-31/h9-14,17-20,24,27-29,32-33,35H,15-16,21-23,25-26H2,1-8H3/t32-,33+,35+/m0/s1. The number of carbonyl (C=O) groups is 2. The summed E-state index contributed by atoms with van der Waals surface area (Å²) < 4.78 is 12.7. The molecule has 1 saturated carbocycles. The Balaban J connectivity index is 1.66. The van der Waals surface area contributed by atoms with Crippen LogP contribution in [-0.4, -0.2) is 43.6 Å². The maximum absolute atomic E-state index is 14.3. The lowest BCUT2D eigenvalue weighted by molar-refractivity contribution is -0.117. The fourth-order valence-electron chi connectivity index (χ4n) is 8.59. The topological polar surface area (TPSA) is 55.8 Å². The molecular weight excluding hydrogens is 563 g/mol. The van der Waals surface area contributed by atoms with Crippen LogP contribution < -0.4 is 0 Å². The molecule has 240 valence electrons. The van der Waals surface area contributed by atoms with Gasteiger partial charge in [0.1, 0.15) is 14.2 Å². The van der Waals surface area contributed by atoms with Gasteiger partial charge in [-0.05, 0) is 57.6 Å². The van der Waals surface area contributed by atoms with Crippen LogP contribution in [0.25, 0.3) is 0 Å². The lowest BCUT2D eigenvalue weighted by Crippen LogP contribution is -2.55. The summed E-state index contributed by atoms with van der Waals surface area (Å²) in [6.07, 6.45) is 5.71. The minimum Gasteiger partial charge on any atom is -0.446 e. The van der Waals surface area contributed by atoms with E-state index in [1.54, 1.807) is 4.90 Å². The average Bonchev–Trinajstić information content (AvgIpc) is 2.99. The van der Waals surface area contributed by atoms with Crippen LogP contribution in [0, 0.1) is 5.92 Å². The molecule has 44 heavy (non-hydrogen) atoms. The normalized spacial score (nSPS) is 21.6. The minimum absolute atomic E-state index is 0.140. The summed E-state index contributed by atoms with van der Waals surface area (Å²) in [6.45, 7) is 18.8. The van der Waals surface area contributed by atoms with Crippen molar-refractivity contribution in [1.29, 1.82) is 0 Å². The van der Waals surface area contributed by atoms with Gasteiger partial charge in [-0.1, -0.05) is 122 Å². The van der Waals surface area contributed by atoms with Crippen molar-refractivity contribution in [3.8, 4) is 0 Å². The summed E-state index contributed by atoms with van der Waals surface area (Å²) >= 11 is 0. The second-order valence-corrected chi connectivity index (χ2v) is 20.4. The van der Waals surface area contributed by atoms with Gasteiger partial charge in [0.25, 0.3) is 0 Å². The van der Waals surface area contributed by atoms with Gasteiger partial charge in [0.15, 0.2) is 5.78 Å². The number of hydrogen-bond acceptors (Lipinski definition) is 4. The van der Waals surface area contributed by atoms with E-state index in [-0.39, 0.29) is 42.3 Å². The molecule has 5 nitrogen and oxygen atoms in total. The molecule has 1 aliphatic heterocycles. The molecule has 1 amide bonds. The highest BCUT2D eigenvalue weighted by Crippen LogP contribution is 2.48. The largest absolute Gasteiger partial charge is 0.446 e. The van der Waals surface area contributed by atoms with Crippen molar-refractivity contribution in [1.82, 2.24) is 4.90 Å². The highest BCUT2D eigenvalue weighted by atomic mass is 28.3. The number of allylic oxidation sites excluding steroid dienone is 1. The second-order valence-electron chi connectivity index (χ2n) is 14.5. The Morgan fingerprint density at radius 3 is 2.05 bits per heavy atom. The van der Waals surface area contributed by atoms with E-state index in [0.717, 1.165) is 36.4 Å². The Bertz CT molecular complexity index is 1250. The number of Topliss-reactive ketones (excluding diaryl/α,β-unsaturated/α-hetero) is 1. The van der Waals surface area contributed by atoms with Crippen LogP contribution >= 0.6 is 0 Å². The molecule has 2 aromatic carbocycles. The van der Waals surface area contributed by atoms with Crippen LogP contribution in [0.5, 0.6) is 0 Å². The van der Waals surface area contributed by atoms with Crippen molar-refractivity contribution in [3.63, 3.8) is 0 Å². The summed E-state index contributed by atoms with van der Waals surface area (Å²) in [6, 6.07) is 20.2. The number of rotatable bonds is 11. The zero-order valence-electron chi connectivity index (χ0n) is 28.3. The van der Waals surface area contributed by atoms with Crippen LogP contribution in [-0.2, 0) is 26.3 Å². The quantitative estimate of drug-likeness (QED) is 0.236. The van der Waals surface area contributed by atoms with E-state index < -0.39 is 14.1 Å². The van der Waals surface area contributed by atoms with Crippen molar-refractivity contribution < 1.29 is 19.1 Å². The fourth-order valence-corrected chi connectivity index (χ4v) is 15.4. The van der Waals surface area contributed by atoms with Gasteiger partial charge in [-0.15, -0.1) is 0 Å². The van der Waals surface area contributed by atoms with E-state index in [0.29, 0.717) is 23.2 Å². The predicted octanol–water partition coefficient (Wildman–Crippen LogP) is 9.62. The van der Waals surface area contributed by atoms with Crippen LogP contribution in [0.15, 0.2) is 72.1 Å². The lowest BCUT2D eigenvalue weighted by Gasteiger charge is -2.47. The molecule has 6 heteroatoms. The first kappa shape index (κ1) is 34.2. The van der Waals surface area contributed by atoms with E-state index in [1.807, 2.05) is 42.6 Å². The van der Waals surface area contributed by atoms with Gasteiger partial charge in [0.2, 0.25) is 0 Å². The van der Waals surface area contributed by atoms with Crippen molar-refractivity contribution >= 4 is 20.0 Å². The Labute approximate surface area is 267 Å². The maximum atomic E-state index is 14.3. The SMILES string of the molecule is CC(C)[Si](C1=CN(C(=O)O[C@@H]2CCCC[C@H]2C(C)(C)c2ccccc2)[C@H](COCc2ccccc2)CC1=O)(C(C)C)C(C)C. The van der Waals surface area contributed by atoms with Gasteiger partial charge in [-0.3, -0.25) is 9.69 Å². The molecular formula is C38H55NO4Si. The molecule has 1 fully saturated rings. The number of ether oxygens (including phenoxy) is 2. The van der Waals surface area contributed by atoms with Crippen LogP contribution in [0.4, 0.5) is 4.79 Å². The number of hydrogen-bond donors (Lipinski definition) is 0. The van der Waals surface area contributed by atoms with E-state index >= 15 is 0 Å². The van der Waals surface area contributed by atoms with Gasteiger partial charge < -0.3 is 9.47 Å². The summed E-state index contributed by atoms with van der Waals surface area (Å²) in [5.41, 5.74) is 3.27. The van der Waals surface area contributed by atoms with E-state index in [4.69, 9.17) is 9.47 Å². The Morgan fingerprint density at radius 1 is 0.886 bits per heavy atom. The maximum Gasteiger partial charge on any atom is 0.414 e. The van der Waals surface area contributed by atoms with Crippen molar-refractivity contribution in [2.45, 2.75) is 128 Å². The molecule has 0 saturated heterocycles. The third-order valence-corrected chi connectivity index (χ3v) is 17.8. The lowest BCUT2D eigenvalue weighted by atomic mass is 9.66.